The minimum atomic E-state index is -0.524. The standard InChI is InChI=1S/C11H18N4O/c1-11(2,3)9(12)10(16)13-7-8-5-4-6-14-15-8/h4-6,9H,7,12H2,1-3H3,(H,13,16)/t9-/m1/s1. The Bertz CT molecular complexity index is 345. The summed E-state index contributed by atoms with van der Waals surface area (Å²) in [5, 5.41) is 10.3. The lowest BCUT2D eigenvalue weighted by atomic mass is 9.87. The van der Waals surface area contributed by atoms with Crippen molar-refractivity contribution in [3.63, 3.8) is 0 Å². The molecule has 5 nitrogen and oxygen atoms in total. The molecule has 1 heterocycles. The second-order valence-corrected chi connectivity index (χ2v) is 4.78. The summed E-state index contributed by atoms with van der Waals surface area (Å²) in [5.74, 6) is -0.168. The smallest absolute Gasteiger partial charge is 0.237 e. The Balaban J connectivity index is 2.48. The quantitative estimate of drug-likeness (QED) is 0.778. The zero-order valence-electron chi connectivity index (χ0n) is 9.90. The molecule has 1 aromatic heterocycles. The van der Waals surface area contributed by atoms with Crippen LogP contribution in [0.15, 0.2) is 18.3 Å². The number of nitrogens with zero attached hydrogens (tertiary/aromatic N) is 2. The SMILES string of the molecule is CC(C)(C)[C@H](N)C(=O)NCc1cccnn1. The van der Waals surface area contributed by atoms with Crippen LogP contribution in [0.4, 0.5) is 0 Å². The number of rotatable bonds is 3. The molecule has 0 bridgehead atoms. The van der Waals surface area contributed by atoms with E-state index < -0.39 is 6.04 Å². The Labute approximate surface area is 95.4 Å². The summed E-state index contributed by atoms with van der Waals surface area (Å²) in [5.41, 5.74) is 6.29. The fourth-order valence-electron chi connectivity index (χ4n) is 1.11. The third-order valence-corrected chi connectivity index (χ3v) is 2.29. The molecule has 0 fully saturated rings. The Kier molecular flexibility index (Phi) is 3.95. The first-order chi connectivity index (χ1) is 7.41. The number of nitrogens with two attached hydrogens (primary N) is 1. The van der Waals surface area contributed by atoms with Crippen molar-refractivity contribution in [3.05, 3.63) is 24.0 Å². The van der Waals surface area contributed by atoms with Crippen LogP contribution in [0, 0.1) is 5.41 Å². The largest absolute Gasteiger partial charge is 0.349 e. The molecule has 3 N–H and O–H groups in total. The molecule has 0 aromatic carbocycles. The van der Waals surface area contributed by atoms with Gasteiger partial charge in [0, 0.05) is 6.20 Å². The minimum absolute atomic E-state index is 0.168. The topological polar surface area (TPSA) is 80.9 Å². The number of hydrogen-bond acceptors (Lipinski definition) is 4. The monoisotopic (exact) mass is 222 g/mol. The van der Waals surface area contributed by atoms with E-state index in [1.807, 2.05) is 20.8 Å². The van der Waals surface area contributed by atoms with Crippen LogP contribution in [0.3, 0.4) is 0 Å². The van der Waals surface area contributed by atoms with Gasteiger partial charge in [0.25, 0.3) is 0 Å². The van der Waals surface area contributed by atoms with Gasteiger partial charge in [-0.15, -0.1) is 0 Å². The Morgan fingerprint density at radius 3 is 2.75 bits per heavy atom. The van der Waals surface area contributed by atoms with Gasteiger partial charge in [0.1, 0.15) is 0 Å². The van der Waals surface area contributed by atoms with Gasteiger partial charge in [0.2, 0.25) is 5.91 Å². The van der Waals surface area contributed by atoms with Gasteiger partial charge in [-0.05, 0) is 17.5 Å². The van der Waals surface area contributed by atoms with Crippen molar-refractivity contribution in [2.75, 3.05) is 0 Å². The van der Waals surface area contributed by atoms with Crippen LogP contribution in [-0.4, -0.2) is 22.1 Å². The number of aromatic nitrogens is 2. The van der Waals surface area contributed by atoms with E-state index in [9.17, 15) is 4.79 Å². The third-order valence-electron chi connectivity index (χ3n) is 2.29. The zero-order valence-corrected chi connectivity index (χ0v) is 9.90. The van der Waals surface area contributed by atoms with Crippen molar-refractivity contribution in [2.45, 2.75) is 33.4 Å². The second-order valence-electron chi connectivity index (χ2n) is 4.78. The Hall–Kier alpha value is -1.49. The molecule has 0 aliphatic rings. The third kappa shape index (κ3) is 3.58. The van der Waals surface area contributed by atoms with Gasteiger partial charge in [0.15, 0.2) is 0 Å². The fraction of sp³-hybridized carbons (Fsp3) is 0.545. The maximum Gasteiger partial charge on any atom is 0.237 e. The average Bonchev–Trinajstić information content (AvgIpc) is 2.25. The molecule has 1 aromatic rings. The molecule has 0 aliphatic carbocycles. The highest BCUT2D eigenvalue weighted by atomic mass is 16.2. The van der Waals surface area contributed by atoms with E-state index in [1.165, 1.54) is 0 Å². The van der Waals surface area contributed by atoms with Crippen LogP contribution in [0.2, 0.25) is 0 Å². The second kappa shape index (κ2) is 5.03. The molecular weight excluding hydrogens is 204 g/mol. The first-order valence-corrected chi connectivity index (χ1v) is 5.21. The van der Waals surface area contributed by atoms with Crippen molar-refractivity contribution in [1.29, 1.82) is 0 Å². The molecule has 0 saturated carbocycles. The van der Waals surface area contributed by atoms with Crippen LogP contribution in [0.1, 0.15) is 26.5 Å². The van der Waals surface area contributed by atoms with Crippen molar-refractivity contribution in [2.24, 2.45) is 11.1 Å². The molecule has 1 atom stereocenters. The maximum absolute atomic E-state index is 11.7. The molecule has 1 rings (SSSR count). The van der Waals surface area contributed by atoms with Gasteiger partial charge in [-0.3, -0.25) is 4.79 Å². The van der Waals surface area contributed by atoms with Crippen molar-refractivity contribution < 1.29 is 4.79 Å². The van der Waals surface area contributed by atoms with Crippen LogP contribution in [-0.2, 0) is 11.3 Å². The van der Waals surface area contributed by atoms with Gasteiger partial charge in [-0.1, -0.05) is 20.8 Å². The van der Waals surface area contributed by atoms with Crippen molar-refractivity contribution >= 4 is 5.91 Å². The molecule has 0 spiro atoms. The number of amides is 1. The molecule has 16 heavy (non-hydrogen) atoms. The maximum atomic E-state index is 11.7. The summed E-state index contributed by atoms with van der Waals surface area (Å²) < 4.78 is 0. The lowest BCUT2D eigenvalue weighted by Gasteiger charge is -2.25. The number of hydrogen-bond donors (Lipinski definition) is 2. The summed E-state index contributed by atoms with van der Waals surface area (Å²) in [6, 6.07) is 3.05. The average molecular weight is 222 g/mol. The highest BCUT2D eigenvalue weighted by molar-refractivity contribution is 5.82. The normalized spacial score (nSPS) is 13.2. The van der Waals surface area contributed by atoms with Crippen molar-refractivity contribution in [1.82, 2.24) is 15.5 Å². The van der Waals surface area contributed by atoms with E-state index >= 15 is 0 Å². The molecule has 0 aliphatic heterocycles. The first-order valence-electron chi connectivity index (χ1n) is 5.21. The van der Waals surface area contributed by atoms with Gasteiger partial charge in [-0.2, -0.15) is 10.2 Å². The molecule has 0 radical (unpaired) electrons. The highest BCUT2D eigenvalue weighted by Gasteiger charge is 2.27. The summed E-state index contributed by atoms with van der Waals surface area (Å²) in [6.45, 7) is 6.15. The highest BCUT2D eigenvalue weighted by Crippen LogP contribution is 2.17. The van der Waals surface area contributed by atoms with E-state index in [1.54, 1.807) is 18.3 Å². The number of carbonyl (C=O) groups excluding carboxylic acids is 1. The fourth-order valence-corrected chi connectivity index (χ4v) is 1.11. The molecular formula is C11H18N4O. The molecule has 0 unspecified atom stereocenters. The van der Waals surface area contributed by atoms with Crippen LogP contribution >= 0.6 is 0 Å². The van der Waals surface area contributed by atoms with Crippen LogP contribution in [0.25, 0.3) is 0 Å². The summed E-state index contributed by atoms with van der Waals surface area (Å²) in [6.07, 6.45) is 1.59. The van der Waals surface area contributed by atoms with E-state index in [0.717, 1.165) is 5.69 Å². The summed E-state index contributed by atoms with van der Waals surface area (Å²) in [4.78, 5) is 11.7. The van der Waals surface area contributed by atoms with Crippen LogP contribution in [0.5, 0.6) is 0 Å². The minimum Gasteiger partial charge on any atom is -0.349 e. The Morgan fingerprint density at radius 1 is 1.56 bits per heavy atom. The first kappa shape index (κ1) is 12.6. The predicted octanol–water partition coefficient (Wildman–Crippen LogP) is 0.466. The van der Waals surface area contributed by atoms with Crippen LogP contribution < -0.4 is 11.1 Å². The van der Waals surface area contributed by atoms with E-state index in [0.29, 0.717) is 6.54 Å². The van der Waals surface area contributed by atoms with Gasteiger partial charge >= 0.3 is 0 Å². The number of nitrogens with one attached hydrogen (secondary N) is 1. The van der Waals surface area contributed by atoms with E-state index in [-0.39, 0.29) is 11.3 Å². The van der Waals surface area contributed by atoms with E-state index in [4.69, 9.17) is 5.73 Å². The summed E-state index contributed by atoms with van der Waals surface area (Å²) >= 11 is 0. The van der Waals surface area contributed by atoms with Gasteiger partial charge in [-0.25, -0.2) is 0 Å². The molecule has 0 saturated heterocycles. The predicted molar refractivity (Wildman–Crippen MR) is 61.3 cm³/mol. The van der Waals surface area contributed by atoms with Gasteiger partial charge < -0.3 is 11.1 Å². The lowest BCUT2D eigenvalue weighted by Crippen LogP contribution is -2.48. The molecule has 5 heteroatoms. The number of carbonyl (C=O) groups is 1. The summed E-state index contributed by atoms with van der Waals surface area (Å²) in [7, 11) is 0. The Morgan fingerprint density at radius 2 is 2.25 bits per heavy atom. The van der Waals surface area contributed by atoms with Crippen molar-refractivity contribution in [3.8, 4) is 0 Å². The van der Waals surface area contributed by atoms with Gasteiger partial charge in [0.05, 0.1) is 18.3 Å². The molecule has 88 valence electrons. The zero-order chi connectivity index (χ0) is 12.2. The van der Waals surface area contributed by atoms with E-state index in [2.05, 4.69) is 15.5 Å². The molecule has 1 amide bonds. The lowest BCUT2D eigenvalue weighted by molar-refractivity contribution is -0.124.